The Hall–Kier alpha value is -0.730. The summed E-state index contributed by atoms with van der Waals surface area (Å²) >= 11 is 4.38. The Balaban J connectivity index is 4.12. The number of rotatable bonds is 3. The first-order chi connectivity index (χ1) is 5.13. The molecule has 0 rings (SSSR count). The SMILES string of the molecule is CCN(C)C(=O)C(C)N=C=S. The summed E-state index contributed by atoms with van der Waals surface area (Å²) in [5, 5.41) is 2.19. The van der Waals surface area contributed by atoms with Crippen LogP contribution in [0.3, 0.4) is 0 Å². The molecule has 0 aromatic heterocycles. The zero-order valence-corrected chi connectivity index (χ0v) is 7.81. The normalized spacial score (nSPS) is 11.5. The fraction of sp³-hybridized carbons (Fsp3) is 0.714. The van der Waals surface area contributed by atoms with Gasteiger partial charge in [-0.25, -0.2) is 4.99 Å². The van der Waals surface area contributed by atoms with E-state index in [1.54, 1.807) is 18.9 Å². The minimum Gasteiger partial charge on any atom is -0.344 e. The number of likely N-dealkylation sites (N-methyl/N-ethyl adjacent to an activating group) is 1. The lowest BCUT2D eigenvalue weighted by Crippen LogP contribution is -2.33. The van der Waals surface area contributed by atoms with E-state index < -0.39 is 6.04 Å². The van der Waals surface area contributed by atoms with Gasteiger partial charge in [-0.2, -0.15) is 0 Å². The predicted octanol–water partition coefficient (Wildman–Crippen LogP) is 0.956. The summed E-state index contributed by atoms with van der Waals surface area (Å²) in [6.07, 6.45) is 0. The molecule has 0 fully saturated rings. The van der Waals surface area contributed by atoms with Gasteiger partial charge in [-0.15, -0.1) is 0 Å². The van der Waals surface area contributed by atoms with Gasteiger partial charge in [0, 0.05) is 13.6 Å². The highest BCUT2D eigenvalue weighted by Crippen LogP contribution is 1.94. The standard InChI is InChI=1S/C7H12N2OS/c1-4-9(3)7(10)6(2)8-5-11/h6H,4H2,1-3H3. The van der Waals surface area contributed by atoms with Crippen LogP contribution in [-0.4, -0.2) is 35.6 Å². The zero-order valence-electron chi connectivity index (χ0n) is 7.00. The quantitative estimate of drug-likeness (QED) is 0.469. The second-order valence-corrected chi connectivity index (χ2v) is 2.43. The van der Waals surface area contributed by atoms with E-state index in [0.29, 0.717) is 6.54 Å². The maximum Gasteiger partial charge on any atom is 0.247 e. The van der Waals surface area contributed by atoms with Crippen molar-refractivity contribution in [3.63, 3.8) is 0 Å². The third-order valence-electron chi connectivity index (χ3n) is 1.45. The second-order valence-electron chi connectivity index (χ2n) is 2.25. The minimum absolute atomic E-state index is 0.0233. The molecule has 11 heavy (non-hydrogen) atoms. The van der Waals surface area contributed by atoms with Crippen LogP contribution >= 0.6 is 12.2 Å². The van der Waals surface area contributed by atoms with Crippen molar-refractivity contribution in [2.24, 2.45) is 4.99 Å². The van der Waals surface area contributed by atoms with Crippen LogP contribution < -0.4 is 0 Å². The van der Waals surface area contributed by atoms with Crippen molar-refractivity contribution in [1.82, 2.24) is 4.90 Å². The molecule has 0 N–H and O–H groups in total. The highest BCUT2D eigenvalue weighted by atomic mass is 32.1. The van der Waals surface area contributed by atoms with Crippen LogP contribution in [0.4, 0.5) is 0 Å². The van der Waals surface area contributed by atoms with E-state index >= 15 is 0 Å². The third kappa shape index (κ3) is 3.25. The maximum atomic E-state index is 11.2. The summed E-state index contributed by atoms with van der Waals surface area (Å²) in [4.78, 5) is 16.5. The van der Waals surface area contributed by atoms with Crippen molar-refractivity contribution in [2.75, 3.05) is 13.6 Å². The van der Waals surface area contributed by atoms with Gasteiger partial charge in [0.2, 0.25) is 5.91 Å². The van der Waals surface area contributed by atoms with E-state index in [-0.39, 0.29) is 5.91 Å². The second kappa shape index (κ2) is 4.99. The predicted molar refractivity (Wildman–Crippen MR) is 47.8 cm³/mol. The molecule has 0 aliphatic carbocycles. The number of carbonyl (C=O) groups is 1. The number of hydrogen-bond acceptors (Lipinski definition) is 3. The summed E-state index contributed by atoms with van der Waals surface area (Å²) in [6, 6.07) is -0.391. The fourth-order valence-corrected chi connectivity index (χ4v) is 0.767. The smallest absolute Gasteiger partial charge is 0.247 e. The van der Waals surface area contributed by atoms with Crippen LogP contribution in [0.25, 0.3) is 0 Å². The molecule has 1 atom stereocenters. The van der Waals surface area contributed by atoms with Gasteiger partial charge >= 0.3 is 0 Å². The molecule has 1 amide bonds. The fourth-order valence-electron chi connectivity index (χ4n) is 0.609. The van der Waals surface area contributed by atoms with E-state index in [4.69, 9.17) is 0 Å². The molecule has 0 radical (unpaired) electrons. The lowest BCUT2D eigenvalue weighted by Gasteiger charge is -2.15. The number of hydrogen-bond donors (Lipinski definition) is 0. The highest BCUT2D eigenvalue weighted by molar-refractivity contribution is 7.78. The molecule has 62 valence electrons. The Kier molecular flexibility index (Phi) is 4.66. The van der Waals surface area contributed by atoms with Gasteiger partial charge in [0.05, 0.1) is 5.16 Å². The number of isothiocyanates is 1. The molecule has 0 heterocycles. The van der Waals surface area contributed by atoms with E-state index in [0.717, 1.165) is 0 Å². The number of carbonyl (C=O) groups excluding carboxylic acids is 1. The number of nitrogens with zero attached hydrogens (tertiary/aromatic N) is 2. The van der Waals surface area contributed by atoms with Crippen molar-refractivity contribution in [3.8, 4) is 0 Å². The zero-order chi connectivity index (χ0) is 8.85. The molecular weight excluding hydrogens is 160 g/mol. The number of thiocarbonyl (C=S) groups is 1. The summed E-state index contributed by atoms with van der Waals surface area (Å²) in [5.74, 6) is -0.0233. The van der Waals surface area contributed by atoms with Crippen LogP contribution in [0.2, 0.25) is 0 Å². The molecule has 0 saturated heterocycles. The van der Waals surface area contributed by atoms with E-state index in [1.165, 1.54) is 0 Å². The van der Waals surface area contributed by atoms with Crippen molar-refractivity contribution in [3.05, 3.63) is 0 Å². The van der Waals surface area contributed by atoms with Gasteiger partial charge in [0.25, 0.3) is 0 Å². The lowest BCUT2D eigenvalue weighted by atomic mass is 10.3. The summed E-state index contributed by atoms with van der Waals surface area (Å²) in [5.41, 5.74) is 0. The van der Waals surface area contributed by atoms with Crippen molar-refractivity contribution >= 4 is 23.3 Å². The van der Waals surface area contributed by atoms with E-state index in [9.17, 15) is 4.79 Å². The number of amides is 1. The molecule has 0 bridgehead atoms. The third-order valence-corrected chi connectivity index (χ3v) is 1.56. The Bertz CT molecular complexity index is 187. The first-order valence-electron chi connectivity index (χ1n) is 3.45. The number of aliphatic imine (C=N–C) groups is 1. The van der Waals surface area contributed by atoms with E-state index in [2.05, 4.69) is 22.4 Å². The Morgan fingerprint density at radius 2 is 2.36 bits per heavy atom. The summed E-state index contributed by atoms with van der Waals surface area (Å²) in [6.45, 7) is 4.30. The van der Waals surface area contributed by atoms with Gasteiger partial charge in [0.1, 0.15) is 6.04 Å². The van der Waals surface area contributed by atoms with Crippen LogP contribution in [0.15, 0.2) is 4.99 Å². The molecule has 0 aliphatic rings. The average Bonchev–Trinajstić information content (AvgIpc) is 2.02. The largest absolute Gasteiger partial charge is 0.344 e. The van der Waals surface area contributed by atoms with Gasteiger partial charge in [0.15, 0.2) is 0 Å². The molecular formula is C7H12N2OS. The molecule has 0 aromatic carbocycles. The maximum absolute atomic E-state index is 11.2. The topological polar surface area (TPSA) is 32.7 Å². The highest BCUT2D eigenvalue weighted by Gasteiger charge is 2.13. The molecule has 0 saturated carbocycles. The lowest BCUT2D eigenvalue weighted by molar-refractivity contribution is -0.130. The van der Waals surface area contributed by atoms with Crippen molar-refractivity contribution < 1.29 is 4.79 Å². The molecule has 0 aromatic rings. The summed E-state index contributed by atoms with van der Waals surface area (Å²) < 4.78 is 0. The summed E-state index contributed by atoms with van der Waals surface area (Å²) in [7, 11) is 1.73. The Labute approximate surface area is 72.1 Å². The first-order valence-corrected chi connectivity index (χ1v) is 3.86. The van der Waals surface area contributed by atoms with Crippen molar-refractivity contribution in [2.45, 2.75) is 19.9 Å². The van der Waals surface area contributed by atoms with Gasteiger partial charge < -0.3 is 4.90 Å². The van der Waals surface area contributed by atoms with Gasteiger partial charge in [-0.05, 0) is 26.1 Å². The van der Waals surface area contributed by atoms with E-state index in [1.807, 2.05) is 6.92 Å². The van der Waals surface area contributed by atoms with Crippen molar-refractivity contribution in [1.29, 1.82) is 0 Å². The van der Waals surface area contributed by atoms with Gasteiger partial charge in [-0.3, -0.25) is 4.79 Å². The molecule has 1 unspecified atom stereocenters. The Morgan fingerprint density at radius 1 is 1.82 bits per heavy atom. The molecule has 0 spiro atoms. The average molecular weight is 172 g/mol. The van der Waals surface area contributed by atoms with Gasteiger partial charge in [-0.1, -0.05) is 0 Å². The van der Waals surface area contributed by atoms with Crippen LogP contribution in [-0.2, 0) is 4.79 Å². The minimum atomic E-state index is -0.391. The molecule has 3 nitrogen and oxygen atoms in total. The monoisotopic (exact) mass is 172 g/mol. The Morgan fingerprint density at radius 3 is 2.73 bits per heavy atom. The molecule has 4 heteroatoms. The van der Waals surface area contributed by atoms with Crippen LogP contribution in [0.1, 0.15) is 13.8 Å². The van der Waals surface area contributed by atoms with Crippen LogP contribution in [0, 0.1) is 0 Å². The molecule has 0 aliphatic heterocycles. The van der Waals surface area contributed by atoms with Crippen LogP contribution in [0.5, 0.6) is 0 Å². The first kappa shape index (κ1) is 10.3.